The fourth-order valence-corrected chi connectivity index (χ4v) is 3.06. The molecule has 1 aromatic carbocycles. The van der Waals surface area contributed by atoms with Gasteiger partial charge >= 0.3 is 0 Å². The van der Waals surface area contributed by atoms with Gasteiger partial charge in [-0.25, -0.2) is 0 Å². The van der Waals surface area contributed by atoms with Crippen LogP contribution in [0.25, 0.3) is 10.9 Å². The average molecular weight is 256 g/mol. The second-order valence-electron chi connectivity index (χ2n) is 5.66. The highest BCUT2D eigenvalue weighted by atomic mass is 16.1. The Morgan fingerprint density at radius 3 is 2.84 bits per heavy atom. The van der Waals surface area contributed by atoms with E-state index in [0.29, 0.717) is 6.04 Å². The normalized spacial score (nSPS) is 19.2. The molecule has 0 spiro atoms. The molecular formula is C16H20N2O. The van der Waals surface area contributed by atoms with E-state index in [1.165, 1.54) is 24.0 Å². The molecule has 1 saturated heterocycles. The first-order valence-corrected chi connectivity index (χ1v) is 7.00. The van der Waals surface area contributed by atoms with Crippen LogP contribution in [0.1, 0.15) is 29.5 Å². The van der Waals surface area contributed by atoms with E-state index in [9.17, 15) is 4.79 Å². The highest BCUT2D eigenvalue weighted by Crippen LogP contribution is 2.19. The number of aromatic amines is 1. The Balaban J connectivity index is 2.05. The summed E-state index contributed by atoms with van der Waals surface area (Å²) in [7, 11) is 0. The number of hydrogen-bond donors (Lipinski definition) is 2. The first-order valence-electron chi connectivity index (χ1n) is 7.00. The van der Waals surface area contributed by atoms with Crippen LogP contribution in [-0.4, -0.2) is 17.6 Å². The number of aryl methyl sites for hydroxylation is 2. The standard InChI is InChI=1S/C16H20N2O/c1-10-6-11(2)14-9-12(8-13-4-3-5-17-13)16(19)18-15(14)7-10/h6-7,9,13,17H,3-5,8H2,1-2H3,(H,18,19). The first kappa shape index (κ1) is 12.4. The molecular weight excluding hydrogens is 236 g/mol. The minimum Gasteiger partial charge on any atom is -0.322 e. The number of nitrogens with one attached hydrogen (secondary N) is 2. The topological polar surface area (TPSA) is 44.9 Å². The molecule has 1 aromatic heterocycles. The van der Waals surface area contributed by atoms with Crippen LogP contribution in [0.5, 0.6) is 0 Å². The zero-order chi connectivity index (χ0) is 13.4. The summed E-state index contributed by atoms with van der Waals surface area (Å²) in [5, 5.41) is 4.62. The van der Waals surface area contributed by atoms with Crippen molar-refractivity contribution in [3.63, 3.8) is 0 Å². The van der Waals surface area contributed by atoms with Gasteiger partial charge in [-0.2, -0.15) is 0 Å². The van der Waals surface area contributed by atoms with Crippen LogP contribution < -0.4 is 10.9 Å². The molecule has 1 fully saturated rings. The van der Waals surface area contributed by atoms with Crippen LogP contribution in [0, 0.1) is 13.8 Å². The van der Waals surface area contributed by atoms with Crippen molar-refractivity contribution in [3.8, 4) is 0 Å². The van der Waals surface area contributed by atoms with E-state index in [4.69, 9.17) is 0 Å². The Kier molecular flexibility index (Phi) is 3.15. The smallest absolute Gasteiger partial charge is 0.251 e. The number of benzene rings is 1. The first-order chi connectivity index (χ1) is 9.13. The lowest BCUT2D eigenvalue weighted by Crippen LogP contribution is -2.27. The molecule has 2 heterocycles. The van der Waals surface area contributed by atoms with E-state index >= 15 is 0 Å². The molecule has 3 nitrogen and oxygen atoms in total. The van der Waals surface area contributed by atoms with Gasteiger partial charge in [0.25, 0.3) is 5.56 Å². The third-order valence-corrected chi connectivity index (χ3v) is 4.02. The van der Waals surface area contributed by atoms with Gasteiger partial charge in [0.15, 0.2) is 0 Å². The maximum Gasteiger partial charge on any atom is 0.251 e. The molecule has 1 atom stereocenters. The summed E-state index contributed by atoms with van der Waals surface area (Å²) in [6, 6.07) is 6.74. The molecule has 19 heavy (non-hydrogen) atoms. The highest BCUT2D eigenvalue weighted by Gasteiger charge is 2.16. The Morgan fingerprint density at radius 1 is 1.26 bits per heavy atom. The summed E-state index contributed by atoms with van der Waals surface area (Å²) < 4.78 is 0. The van der Waals surface area contributed by atoms with Gasteiger partial charge in [0.05, 0.1) is 0 Å². The minimum atomic E-state index is 0.0613. The molecule has 0 radical (unpaired) electrons. The minimum absolute atomic E-state index is 0.0613. The van der Waals surface area contributed by atoms with E-state index in [-0.39, 0.29) is 5.56 Å². The highest BCUT2D eigenvalue weighted by molar-refractivity contribution is 5.83. The van der Waals surface area contributed by atoms with Gasteiger partial charge in [0.2, 0.25) is 0 Å². The molecule has 1 aliphatic rings. The zero-order valence-corrected chi connectivity index (χ0v) is 11.5. The molecule has 3 heteroatoms. The quantitative estimate of drug-likeness (QED) is 0.867. The second-order valence-corrected chi connectivity index (χ2v) is 5.66. The van der Waals surface area contributed by atoms with Gasteiger partial charge in [-0.3, -0.25) is 4.79 Å². The lowest BCUT2D eigenvalue weighted by molar-refractivity contribution is 0.600. The molecule has 1 aliphatic heterocycles. The summed E-state index contributed by atoms with van der Waals surface area (Å²) >= 11 is 0. The van der Waals surface area contributed by atoms with Gasteiger partial charge in [0.1, 0.15) is 0 Å². The average Bonchev–Trinajstić information content (AvgIpc) is 2.83. The maximum atomic E-state index is 12.2. The monoisotopic (exact) mass is 256 g/mol. The predicted molar refractivity (Wildman–Crippen MR) is 78.8 cm³/mol. The van der Waals surface area contributed by atoms with Crippen LogP contribution >= 0.6 is 0 Å². The fraction of sp³-hybridized carbons (Fsp3) is 0.438. The second kappa shape index (κ2) is 4.82. The van der Waals surface area contributed by atoms with Crippen LogP contribution in [0.15, 0.2) is 23.0 Å². The number of H-pyrrole nitrogens is 1. The van der Waals surface area contributed by atoms with Gasteiger partial charge in [-0.1, -0.05) is 6.07 Å². The number of hydrogen-bond acceptors (Lipinski definition) is 2. The van der Waals surface area contributed by atoms with Crippen molar-refractivity contribution in [2.75, 3.05) is 6.54 Å². The lowest BCUT2D eigenvalue weighted by atomic mass is 10.0. The summed E-state index contributed by atoms with van der Waals surface area (Å²) in [5.41, 5.74) is 4.33. The maximum absolute atomic E-state index is 12.2. The third kappa shape index (κ3) is 2.43. The number of aromatic nitrogens is 1. The van der Waals surface area contributed by atoms with Crippen molar-refractivity contribution in [2.24, 2.45) is 0 Å². The van der Waals surface area contributed by atoms with Crippen LogP contribution in [-0.2, 0) is 6.42 Å². The van der Waals surface area contributed by atoms with Gasteiger partial charge in [0, 0.05) is 22.5 Å². The van der Waals surface area contributed by atoms with Crippen molar-refractivity contribution >= 4 is 10.9 Å². The molecule has 2 N–H and O–H groups in total. The predicted octanol–water partition coefficient (Wildman–Crippen LogP) is 2.44. The fourth-order valence-electron chi connectivity index (χ4n) is 3.06. The number of pyridine rings is 1. The van der Waals surface area contributed by atoms with Crippen molar-refractivity contribution < 1.29 is 0 Å². The molecule has 100 valence electrons. The Hall–Kier alpha value is -1.61. The van der Waals surface area contributed by atoms with Crippen LogP contribution in [0.2, 0.25) is 0 Å². The van der Waals surface area contributed by atoms with Gasteiger partial charge < -0.3 is 10.3 Å². The number of rotatable bonds is 2. The molecule has 2 aromatic rings. The molecule has 1 unspecified atom stereocenters. The summed E-state index contributed by atoms with van der Waals surface area (Å²) in [4.78, 5) is 15.2. The van der Waals surface area contributed by atoms with Crippen molar-refractivity contribution in [3.05, 3.63) is 45.2 Å². The summed E-state index contributed by atoms with van der Waals surface area (Å²) in [6.45, 7) is 5.24. The van der Waals surface area contributed by atoms with E-state index in [1.807, 2.05) is 6.07 Å². The summed E-state index contributed by atoms with van der Waals surface area (Å²) in [6.07, 6.45) is 3.22. The Bertz CT molecular complexity index is 666. The molecule has 0 bridgehead atoms. The van der Waals surface area contributed by atoms with E-state index < -0.39 is 0 Å². The van der Waals surface area contributed by atoms with Crippen molar-refractivity contribution in [2.45, 2.75) is 39.2 Å². The molecule has 0 saturated carbocycles. The Morgan fingerprint density at radius 2 is 2.11 bits per heavy atom. The SMILES string of the molecule is Cc1cc(C)c2cc(CC3CCCN3)c(=O)[nH]c2c1. The lowest BCUT2D eigenvalue weighted by Gasteiger charge is -2.11. The van der Waals surface area contributed by atoms with Crippen molar-refractivity contribution in [1.82, 2.24) is 10.3 Å². The summed E-state index contributed by atoms with van der Waals surface area (Å²) in [5.74, 6) is 0. The van der Waals surface area contributed by atoms with E-state index in [2.05, 4.69) is 36.3 Å². The third-order valence-electron chi connectivity index (χ3n) is 4.02. The van der Waals surface area contributed by atoms with E-state index in [0.717, 1.165) is 29.4 Å². The molecule has 0 aliphatic carbocycles. The zero-order valence-electron chi connectivity index (χ0n) is 11.5. The van der Waals surface area contributed by atoms with Gasteiger partial charge in [-0.15, -0.1) is 0 Å². The van der Waals surface area contributed by atoms with Gasteiger partial charge in [-0.05, 0) is 62.9 Å². The Labute approximate surface area is 113 Å². The van der Waals surface area contributed by atoms with Crippen LogP contribution in [0.4, 0.5) is 0 Å². The van der Waals surface area contributed by atoms with Crippen molar-refractivity contribution in [1.29, 1.82) is 0 Å². The largest absolute Gasteiger partial charge is 0.322 e. The van der Waals surface area contributed by atoms with Crippen LogP contribution in [0.3, 0.4) is 0 Å². The molecule has 3 rings (SSSR count). The molecule has 0 amide bonds. The number of fused-ring (bicyclic) bond motifs is 1. The van der Waals surface area contributed by atoms with E-state index in [1.54, 1.807) is 0 Å².